The van der Waals surface area contributed by atoms with Crippen molar-refractivity contribution in [1.29, 1.82) is 0 Å². The number of carbonyl (C=O) groups excluding carboxylic acids is 1. The van der Waals surface area contributed by atoms with Crippen LogP contribution in [-0.4, -0.2) is 34.9 Å². The lowest BCUT2D eigenvalue weighted by atomic mass is 10.1. The molecule has 7 heteroatoms. The first kappa shape index (κ1) is 14.0. The maximum Gasteiger partial charge on any atom is 0.321 e. The summed E-state index contributed by atoms with van der Waals surface area (Å²) in [4.78, 5) is 13.7. The normalized spacial score (nSPS) is 15.3. The number of piperidine rings is 1. The molecular weight excluding hydrogens is 289 g/mol. The fourth-order valence-corrected chi connectivity index (χ4v) is 2.42. The third kappa shape index (κ3) is 3.75. The lowest BCUT2D eigenvalue weighted by Crippen LogP contribution is -2.41. The van der Waals surface area contributed by atoms with E-state index in [4.69, 9.17) is 28.4 Å². The van der Waals surface area contributed by atoms with Gasteiger partial charge in [0.2, 0.25) is 0 Å². The van der Waals surface area contributed by atoms with Crippen molar-refractivity contribution in [1.82, 2.24) is 4.90 Å². The number of rotatable bonds is 1. The molecule has 19 heavy (non-hydrogen) atoms. The van der Waals surface area contributed by atoms with Crippen molar-refractivity contribution in [3.05, 3.63) is 28.2 Å². The van der Waals surface area contributed by atoms with Gasteiger partial charge in [0.25, 0.3) is 0 Å². The van der Waals surface area contributed by atoms with Gasteiger partial charge in [-0.1, -0.05) is 28.4 Å². The first-order valence-electron chi connectivity index (χ1n) is 5.80. The number of halogens is 2. The molecule has 2 N–H and O–H groups in total. The molecule has 1 aliphatic rings. The predicted octanol–water partition coefficient (Wildman–Crippen LogP) is 3.45. The van der Waals surface area contributed by atoms with E-state index in [0.29, 0.717) is 41.7 Å². The van der Waals surface area contributed by atoms with Crippen LogP contribution in [0.2, 0.25) is 10.0 Å². The molecule has 1 heterocycles. The van der Waals surface area contributed by atoms with E-state index in [-0.39, 0.29) is 6.03 Å². The lowest BCUT2D eigenvalue weighted by Gasteiger charge is -2.27. The monoisotopic (exact) mass is 301 g/mol. The number of benzene rings is 1. The van der Waals surface area contributed by atoms with Crippen LogP contribution in [0.3, 0.4) is 0 Å². The molecule has 0 saturated carbocycles. The maximum atomic E-state index is 12.0. The molecule has 5 nitrogen and oxygen atoms in total. The minimum atomic E-state index is -0.213. The zero-order chi connectivity index (χ0) is 13.8. The van der Waals surface area contributed by atoms with Crippen molar-refractivity contribution in [2.24, 2.45) is 5.16 Å². The fraction of sp³-hybridized carbons (Fsp3) is 0.333. The van der Waals surface area contributed by atoms with Gasteiger partial charge in [-0.25, -0.2) is 4.79 Å². The van der Waals surface area contributed by atoms with Crippen LogP contribution in [0.1, 0.15) is 12.8 Å². The highest BCUT2D eigenvalue weighted by atomic mass is 35.5. The Bertz CT molecular complexity index is 489. The van der Waals surface area contributed by atoms with Crippen LogP contribution in [0.5, 0.6) is 0 Å². The van der Waals surface area contributed by atoms with Crippen molar-refractivity contribution in [2.75, 3.05) is 18.4 Å². The minimum Gasteiger partial charge on any atom is -0.411 e. The average Bonchev–Trinajstić information content (AvgIpc) is 2.37. The van der Waals surface area contributed by atoms with Crippen LogP contribution in [0, 0.1) is 0 Å². The Morgan fingerprint density at radius 2 is 1.79 bits per heavy atom. The quantitative estimate of drug-likeness (QED) is 0.616. The van der Waals surface area contributed by atoms with Crippen molar-refractivity contribution in [3.8, 4) is 0 Å². The number of anilines is 1. The molecule has 0 aliphatic carbocycles. The fourth-order valence-electron chi connectivity index (χ4n) is 1.90. The Morgan fingerprint density at radius 3 is 2.32 bits per heavy atom. The number of amides is 2. The molecule has 1 aromatic rings. The largest absolute Gasteiger partial charge is 0.411 e. The zero-order valence-corrected chi connectivity index (χ0v) is 11.6. The summed E-state index contributed by atoms with van der Waals surface area (Å²) in [6.07, 6.45) is 1.17. The number of nitrogens with zero attached hydrogens (tertiary/aromatic N) is 2. The summed E-state index contributed by atoms with van der Waals surface area (Å²) in [7, 11) is 0. The van der Waals surface area contributed by atoms with E-state index in [9.17, 15) is 4.79 Å². The van der Waals surface area contributed by atoms with E-state index in [1.165, 1.54) is 0 Å². The molecule has 1 saturated heterocycles. The SMILES string of the molecule is O=C(Nc1cc(Cl)cc(Cl)c1)N1CCC(=NO)CC1. The Hall–Kier alpha value is -1.46. The number of hydrogen-bond acceptors (Lipinski definition) is 3. The van der Waals surface area contributed by atoms with Gasteiger partial charge in [0.1, 0.15) is 0 Å². The van der Waals surface area contributed by atoms with E-state index >= 15 is 0 Å². The van der Waals surface area contributed by atoms with Crippen LogP contribution in [-0.2, 0) is 0 Å². The molecule has 102 valence electrons. The second-order valence-electron chi connectivity index (χ2n) is 4.24. The van der Waals surface area contributed by atoms with Gasteiger partial charge in [-0.05, 0) is 18.2 Å². The second-order valence-corrected chi connectivity index (χ2v) is 5.11. The van der Waals surface area contributed by atoms with Crippen LogP contribution < -0.4 is 5.32 Å². The average molecular weight is 302 g/mol. The van der Waals surface area contributed by atoms with Crippen LogP contribution in [0.25, 0.3) is 0 Å². The molecule has 0 aromatic heterocycles. The van der Waals surface area contributed by atoms with Gasteiger partial charge in [0.15, 0.2) is 0 Å². The summed E-state index contributed by atoms with van der Waals surface area (Å²) in [5, 5.41) is 15.5. The number of nitrogens with one attached hydrogen (secondary N) is 1. The lowest BCUT2D eigenvalue weighted by molar-refractivity contribution is 0.210. The highest BCUT2D eigenvalue weighted by molar-refractivity contribution is 6.35. The van der Waals surface area contributed by atoms with Gasteiger partial charge in [-0.2, -0.15) is 0 Å². The van der Waals surface area contributed by atoms with Gasteiger partial charge < -0.3 is 15.4 Å². The molecule has 0 unspecified atom stereocenters. The van der Waals surface area contributed by atoms with Gasteiger partial charge in [0.05, 0.1) is 5.71 Å². The maximum absolute atomic E-state index is 12.0. The summed E-state index contributed by atoms with van der Waals surface area (Å²) in [5.41, 5.74) is 1.28. The number of urea groups is 1. The molecule has 0 bridgehead atoms. The van der Waals surface area contributed by atoms with E-state index in [0.717, 1.165) is 5.71 Å². The van der Waals surface area contributed by atoms with Gasteiger partial charge in [-0.3, -0.25) is 0 Å². The summed E-state index contributed by atoms with van der Waals surface area (Å²) < 4.78 is 0. The molecule has 1 aliphatic heterocycles. The van der Waals surface area contributed by atoms with E-state index < -0.39 is 0 Å². The molecule has 0 spiro atoms. The summed E-state index contributed by atoms with van der Waals surface area (Å²) in [6, 6.07) is 4.66. The molecule has 2 amide bonds. The third-order valence-electron chi connectivity index (χ3n) is 2.88. The first-order valence-corrected chi connectivity index (χ1v) is 6.56. The molecule has 1 fully saturated rings. The van der Waals surface area contributed by atoms with Gasteiger partial charge in [0, 0.05) is 41.7 Å². The summed E-state index contributed by atoms with van der Waals surface area (Å²) >= 11 is 11.7. The van der Waals surface area contributed by atoms with Gasteiger partial charge in [-0.15, -0.1) is 0 Å². The molecule has 0 radical (unpaired) electrons. The van der Waals surface area contributed by atoms with E-state index in [1.807, 2.05) is 0 Å². The van der Waals surface area contributed by atoms with Gasteiger partial charge >= 0.3 is 6.03 Å². The number of likely N-dealkylation sites (tertiary alicyclic amines) is 1. The Labute approximate surface area is 120 Å². The Morgan fingerprint density at radius 1 is 1.21 bits per heavy atom. The topological polar surface area (TPSA) is 64.9 Å². The summed E-state index contributed by atoms with van der Waals surface area (Å²) in [6.45, 7) is 1.05. The van der Waals surface area contributed by atoms with Crippen molar-refractivity contribution in [3.63, 3.8) is 0 Å². The Balaban J connectivity index is 1.98. The molecule has 2 rings (SSSR count). The molecule has 0 atom stereocenters. The molecule has 1 aromatic carbocycles. The van der Waals surface area contributed by atoms with E-state index in [1.54, 1.807) is 23.1 Å². The van der Waals surface area contributed by atoms with Crippen LogP contribution in [0.4, 0.5) is 10.5 Å². The number of carbonyl (C=O) groups is 1. The smallest absolute Gasteiger partial charge is 0.321 e. The van der Waals surface area contributed by atoms with Crippen molar-refractivity contribution in [2.45, 2.75) is 12.8 Å². The number of oxime groups is 1. The zero-order valence-electron chi connectivity index (χ0n) is 10.1. The van der Waals surface area contributed by atoms with Crippen molar-refractivity contribution < 1.29 is 10.0 Å². The van der Waals surface area contributed by atoms with Crippen LogP contribution in [0.15, 0.2) is 23.4 Å². The first-order chi connectivity index (χ1) is 9.08. The number of hydrogen-bond donors (Lipinski definition) is 2. The highest BCUT2D eigenvalue weighted by Gasteiger charge is 2.20. The molecular formula is C12H13Cl2N3O2. The van der Waals surface area contributed by atoms with Crippen molar-refractivity contribution >= 4 is 40.6 Å². The Kier molecular flexibility index (Phi) is 4.50. The second kappa shape index (κ2) is 6.12. The van der Waals surface area contributed by atoms with E-state index in [2.05, 4.69) is 10.5 Å². The standard InChI is InChI=1S/C12H13Cl2N3O2/c13-8-5-9(14)7-11(6-8)15-12(18)17-3-1-10(16-19)2-4-17/h5-7,19H,1-4H2,(H,15,18). The van der Waals surface area contributed by atoms with Crippen LogP contribution >= 0.6 is 23.2 Å². The predicted molar refractivity (Wildman–Crippen MR) is 75.5 cm³/mol. The minimum absolute atomic E-state index is 0.213. The third-order valence-corrected chi connectivity index (χ3v) is 3.32. The highest BCUT2D eigenvalue weighted by Crippen LogP contribution is 2.23. The summed E-state index contributed by atoms with van der Waals surface area (Å²) in [5.74, 6) is 0.